The Morgan fingerprint density at radius 2 is 1.89 bits per heavy atom. The van der Waals surface area contributed by atoms with Crippen LogP contribution in [0.1, 0.15) is 51.2 Å². The fourth-order valence-corrected chi connectivity index (χ4v) is 3.05. The summed E-state index contributed by atoms with van der Waals surface area (Å²) in [6.45, 7) is 3.97. The number of nitrogens with zero attached hydrogens (tertiary/aromatic N) is 1. The van der Waals surface area contributed by atoms with Crippen LogP contribution in [-0.2, 0) is 0 Å². The van der Waals surface area contributed by atoms with Crippen LogP contribution in [0.2, 0.25) is 0 Å². The van der Waals surface area contributed by atoms with Crippen molar-refractivity contribution in [1.82, 2.24) is 0 Å². The molecule has 0 radical (unpaired) electrons. The van der Waals surface area contributed by atoms with E-state index in [9.17, 15) is 9.50 Å². The van der Waals surface area contributed by atoms with Gasteiger partial charge in [0, 0.05) is 18.7 Å². The molecule has 2 nitrogen and oxygen atoms in total. The van der Waals surface area contributed by atoms with E-state index in [2.05, 4.69) is 6.92 Å². The Hall–Kier alpha value is -1.09. The summed E-state index contributed by atoms with van der Waals surface area (Å²) in [5, 5.41) is 9.82. The van der Waals surface area contributed by atoms with E-state index in [1.807, 2.05) is 18.0 Å². The molecule has 1 N–H and O–H groups in total. The van der Waals surface area contributed by atoms with Crippen LogP contribution in [0.15, 0.2) is 18.2 Å². The number of halogens is 1. The van der Waals surface area contributed by atoms with E-state index in [0.29, 0.717) is 17.3 Å². The first-order chi connectivity index (χ1) is 9.00. The number of hydrogen-bond donors (Lipinski definition) is 1. The van der Waals surface area contributed by atoms with Crippen LogP contribution in [0.4, 0.5) is 10.1 Å². The molecule has 19 heavy (non-hydrogen) atoms. The molecule has 0 bridgehead atoms. The van der Waals surface area contributed by atoms with Gasteiger partial charge in [0.1, 0.15) is 5.82 Å². The average Bonchev–Trinajstić information content (AvgIpc) is 2.38. The van der Waals surface area contributed by atoms with Crippen LogP contribution in [0, 0.1) is 11.7 Å². The highest BCUT2D eigenvalue weighted by Gasteiger charge is 2.25. The maximum atomic E-state index is 14.1. The minimum atomic E-state index is -0.643. The standard InChI is InChI=1S/C16H24FNO/c1-11-7-9-13(10-8-11)18(3)16-14(12(2)19)5-4-6-15(16)17/h4-6,11-13,19H,7-10H2,1-3H3/t11?,12-,13?/m0/s1. The van der Waals surface area contributed by atoms with Crippen LogP contribution in [-0.4, -0.2) is 18.2 Å². The number of benzene rings is 1. The summed E-state index contributed by atoms with van der Waals surface area (Å²) in [7, 11) is 1.95. The van der Waals surface area contributed by atoms with Crippen LogP contribution >= 0.6 is 0 Å². The fourth-order valence-electron chi connectivity index (χ4n) is 3.05. The summed E-state index contributed by atoms with van der Waals surface area (Å²) in [5.41, 5.74) is 1.25. The lowest BCUT2D eigenvalue weighted by Crippen LogP contribution is -2.36. The third kappa shape index (κ3) is 3.08. The average molecular weight is 265 g/mol. The van der Waals surface area contributed by atoms with Gasteiger partial charge in [-0.3, -0.25) is 0 Å². The van der Waals surface area contributed by atoms with Gasteiger partial charge in [0.25, 0.3) is 0 Å². The third-order valence-corrected chi connectivity index (χ3v) is 4.35. The monoisotopic (exact) mass is 265 g/mol. The molecule has 1 aromatic carbocycles. The molecule has 0 aliphatic heterocycles. The zero-order valence-electron chi connectivity index (χ0n) is 12.1. The Kier molecular flexibility index (Phi) is 4.46. The molecule has 0 saturated heterocycles. The summed E-state index contributed by atoms with van der Waals surface area (Å²) in [5.74, 6) is 0.543. The lowest BCUT2D eigenvalue weighted by molar-refractivity contribution is 0.199. The molecular formula is C16H24FNO. The van der Waals surface area contributed by atoms with E-state index >= 15 is 0 Å². The molecule has 1 atom stereocenters. The predicted molar refractivity (Wildman–Crippen MR) is 76.9 cm³/mol. The summed E-state index contributed by atoms with van der Waals surface area (Å²) >= 11 is 0. The van der Waals surface area contributed by atoms with Gasteiger partial charge >= 0.3 is 0 Å². The van der Waals surface area contributed by atoms with Gasteiger partial charge in [0.15, 0.2) is 0 Å². The number of hydrogen-bond acceptors (Lipinski definition) is 2. The van der Waals surface area contributed by atoms with Gasteiger partial charge in [-0.25, -0.2) is 4.39 Å². The van der Waals surface area contributed by atoms with E-state index in [1.165, 1.54) is 18.9 Å². The molecule has 0 amide bonds. The van der Waals surface area contributed by atoms with Crippen molar-refractivity contribution in [3.05, 3.63) is 29.6 Å². The highest BCUT2D eigenvalue weighted by Crippen LogP contribution is 2.34. The molecule has 0 spiro atoms. The van der Waals surface area contributed by atoms with Crippen molar-refractivity contribution in [2.75, 3.05) is 11.9 Å². The zero-order chi connectivity index (χ0) is 14.0. The second-order valence-electron chi connectivity index (χ2n) is 5.88. The second-order valence-corrected chi connectivity index (χ2v) is 5.88. The highest BCUT2D eigenvalue weighted by molar-refractivity contribution is 5.56. The van der Waals surface area contributed by atoms with Crippen LogP contribution in [0.3, 0.4) is 0 Å². The largest absolute Gasteiger partial charge is 0.389 e. The van der Waals surface area contributed by atoms with E-state index < -0.39 is 6.10 Å². The minimum Gasteiger partial charge on any atom is -0.389 e. The summed E-state index contributed by atoms with van der Waals surface area (Å²) < 4.78 is 14.1. The SMILES string of the molecule is CC1CCC(N(C)c2c(F)cccc2[C@H](C)O)CC1. The quantitative estimate of drug-likeness (QED) is 0.896. The van der Waals surface area contributed by atoms with E-state index in [-0.39, 0.29) is 5.82 Å². The van der Waals surface area contributed by atoms with Crippen molar-refractivity contribution in [2.24, 2.45) is 5.92 Å². The Morgan fingerprint density at radius 1 is 1.26 bits per heavy atom. The third-order valence-electron chi connectivity index (χ3n) is 4.35. The maximum absolute atomic E-state index is 14.1. The minimum absolute atomic E-state index is 0.237. The summed E-state index contributed by atoms with van der Waals surface area (Å²) in [6, 6.07) is 5.33. The zero-order valence-corrected chi connectivity index (χ0v) is 12.1. The summed E-state index contributed by atoms with van der Waals surface area (Å²) in [6.07, 6.45) is 3.97. The Balaban J connectivity index is 2.25. The second kappa shape index (κ2) is 5.91. The van der Waals surface area contributed by atoms with Gasteiger partial charge < -0.3 is 10.0 Å². The van der Waals surface area contributed by atoms with Crippen LogP contribution < -0.4 is 4.90 Å². The predicted octanol–water partition coefficient (Wildman–Crippen LogP) is 3.89. The van der Waals surface area contributed by atoms with Gasteiger partial charge in [0.2, 0.25) is 0 Å². The number of rotatable bonds is 3. The molecule has 1 saturated carbocycles. The van der Waals surface area contributed by atoms with Crippen molar-refractivity contribution in [3.8, 4) is 0 Å². The van der Waals surface area contributed by atoms with Gasteiger partial charge in [-0.05, 0) is 44.6 Å². The lowest BCUT2D eigenvalue weighted by Gasteiger charge is -2.36. The summed E-state index contributed by atoms with van der Waals surface area (Å²) in [4.78, 5) is 2.03. The molecule has 0 heterocycles. The fraction of sp³-hybridized carbons (Fsp3) is 0.625. The Morgan fingerprint density at radius 3 is 2.47 bits per heavy atom. The van der Waals surface area contributed by atoms with Gasteiger partial charge in [0.05, 0.1) is 11.8 Å². The first-order valence-corrected chi connectivity index (χ1v) is 7.20. The molecule has 2 rings (SSSR count). The van der Waals surface area contributed by atoms with Crippen molar-refractivity contribution in [2.45, 2.75) is 51.7 Å². The van der Waals surface area contributed by atoms with Crippen LogP contribution in [0.5, 0.6) is 0 Å². The molecule has 3 heteroatoms. The molecule has 1 fully saturated rings. The molecule has 1 aromatic rings. The molecular weight excluding hydrogens is 241 g/mol. The molecule has 106 valence electrons. The first-order valence-electron chi connectivity index (χ1n) is 7.20. The van der Waals surface area contributed by atoms with Crippen molar-refractivity contribution >= 4 is 5.69 Å². The van der Waals surface area contributed by atoms with E-state index in [1.54, 1.807) is 13.0 Å². The number of aliphatic hydroxyl groups is 1. The number of aliphatic hydroxyl groups excluding tert-OH is 1. The molecule has 0 unspecified atom stereocenters. The maximum Gasteiger partial charge on any atom is 0.146 e. The normalized spacial score (nSPS) is 25.1. The molecule has 0 aromatic heterocycles. The van der Waals surface area contributed by atoms with Gasteiger partial charge in [-0.1, -0.05) is 19.1 Å². The van der Waals surface area contributed by atoms with Crippen LogP contribution in [0.25, 0.3) is 0 Å². The Bertz CT molecular complexity index is 425. The number of anilines is 1. The van der Waals surface area contributed by atoms with Crippen molar-refractivity contribution in [3.63, 3.8) is 0 Å². The molecule has 1 aliphatic rings. The molecule has 1 aliphatic carbocycles. The van der Waals surface area contributed by atoms with E-state index in [4.69, 9.17) is 0 Å². The number of para-hydroxylation sites is 1. The topological polar surface area (TPSA) is 23.5 Å². The van der Waals surface area contributed by atoms with Gasteiger partial charge in [-0.15, -0.1) is 0 Å². The van der Waals surface area contributed by atoms with Gasteiger partial charge in [-0.2, -0.15) is 0 Å². The smallest absolute Gasteiger partial charge is 0.146 e. The van der Waals surface area contributed by atoms with Crippen molar-refractivity contribution in [1.29, 1.82) is 0 Å². The lowest BCUT2D eigenvalue weighted by atomic mass is 9.86. The highest BCUT2D eigenvalue weighted by atomic mass is 19.1. The Labute approximate surface area is 115 Å². The van der Waals surface area contributed by atoms with Crippen molar-refractivity contribution < 1.29 is 9.50 Å². The van der Waals surface area contributed by atoms with E-state index in [0.717, 1.165) is 18.8 Å². The first kappa shape index (κ1) is 14.3.